The molecule has 0 amide bonds. The molecule has 0 radical (unpaired) electrons. The number of halogens is 1. The lowest BCUT2D eigenvalue weighted by Gasteiger charge is -2.41. The third-order valence-electron chi connectivity index (χ3n) is 4.01. The summed E-state index contributed by atoms with van der Waals surface area (Å²) in [6, 6.07) is 4.32. The average molecular weight is 452 g/mol. The van der Waals surface area contributed by atoms with Crippen molar-refractivity contribution in [3.8, 4) is 0 Å². The van der Waals surface area contributed by atoms with E-state index in [-0.39, 0.29) is 29.5 Å². The molecule has 0 spiro atoms. The second-order valence-electron chi connectivity index (χ2n) is 6.20. The van der Waals surface area contributed by atoms with Gasteiger partial charge in [-0.3, -0.25) is 9.89 Å². The maximum absolute atomic E-state index is 5.43. The maximum atomic E-state index is 5.43. The van der Waals surface area contributed by atoms with E-state index < -0.39 is 0 Å². The largest absolute Gasteiger partial charge is 0.379 e. The van der Waals surface area contributed by atoms with Crippen LogP contribution in [0.2, 0.25) is 0 Å². The van der Waals surface area contributed by atoms with Crippen molar-refractivity contribution in [1.82, 2.24) is 15.5 Å². The molecule has 1 saturated heterocycles. The standard InChI is InChI=1S/C16H28N4OS.HI/c1-13-5-6-14(22-13)11-18-15(17-4)19-12-16(2,3)20-7-9-21-10-8-20;/h5-6H,7-12H2,1-4H3,(H2,17,18,19);1H. The number of guanidine groups is 1. The van der Waals surface area contributed by atoms with Gasteiger partial charge in [-0.15, -0.1) is 35.3 Å². The van der Waals surface area contributed by atoms with E-state index in [9.17, 15) is 0 Å². The summed E-state index contributed by atoms with van der Waals surface area (Å²) in [6.07, 6.45) is 0. The summed E-state index contributed by atoms with van der Waals surface area (Å²) in [6.45, 7) is 12.0. The molecular weight excluding hydrogens is 423 g/mol. The van der Waals surface area contributed by atoms with E-state index in [4.69, 9.17) is 4.74 Å². The van der Waals surface area contributed by atoms with E-state index in [1.807, 2.05) is 18.4 Å². The molecule has 7 heteroatoms. The molecule has 1 aromatic heterocycles. The SMILES string of the molecule is CN=C(NCc1ccc(C)s1)NCC(C)(C)N1CCOCC1.I. The molecule has 2 N–H and O–H groups in total. The highest BCUT2D eigenvalue weighted by molar-refractivity contribution is 14.0. The molecule has 5 nitrogen and oxygen atoms in total. The van der Waals surface area contributed by atoms with Crippen LogP contribution in [0.15, 0.2) is 17.1 Å². The molecule has 0 aliphatic carbocycles. The van der Waals surface area contributed by atoms with Crippen molar-refractivity contribution in [3.05, 3.63) is 21.9 Å². The van der Waals surface area contributed by atoms with Gasteiger partial charge in [0, 0.05) is 42.0 Å². The Balaban J connectivity index is 0.00000264. The predicted molar refractivity (Wildman–Crippen MR) is 109 cm³/mol. The van der Waals surface area contributed by atoms with Crippen molar-refractivity contribution in [2.45, 2.75) is 32.9 Å². The summed E-state index contributed by atoms with van der Waals surface area (Å²) in [7, 11) is 1.82. The number of hydrogen-bond donors (Lipinski definition) is 2. The lowest BCUT2D eigenvalue weighted by atomic mass is 10.0. The highest BCUT2D eigenvalue weighted by atomic mass is 127. The minimum atomic E-state index is 0. The van der Waals surface area contributed by atoms with Crippen LogP contribution in [0.3, 0.4) is 0 Å². The average Bonchev–Trinajstić information content (AvgIpc) is 2.94. The topological polar surface area (TPSA) is 48.9 Å². The van der Waals surface area contributed by atoms with E-state index in [1.165, 1.54) is 9.75 Å². The molecule has 1 aromatic rings. The first-order valence-electron chi connectivity index (χ1n) is 7.84. The molecule has 1 aliphatic rings. The zero-order valence-electron chi connectivity index (χ0n) is 14.5. The van der Waals surface area contributed by atoms with Gasteiger partial charge in [0.2, 0.25) is 0 Å². The molecule has 1 aliphatic heterocycles. The third kappa shape index (κ3) is 6.56. The van der Waals surface area contributed by atoms with Crippen LogP contribution >= 0.6 is 35.3 Å². The Morgan fingerprint density at radius 1 is 1.30 bits per heavy atom. The fourth-order valence-electron chi connectivity index (χ4n) is 2.55. The summed E-state index contributed by atoms with van der Waals surface area (Å²) >= 11 is 1.82. The van der Waals surface area contributed by atoms with Crippen molar-refractivity contribution in [2.24, 2.45) is 4.99 Å². The Kier molecular flexibility index (Phi) is 8.81. The molecule has 0 aromatic carbocycles. The first-order valence-corrected chi connectivity index (χ1v) is 8.65. The molecule has 2 heterocycles. The summed E-state index contributed by atoms with van der Waals surface area (Å²) in [5.74, 6) is 0.854. The minimum absolute atomic E-state index is 0. The zero-order chi connectivity index (χ0) is 16.0. The van der Waals surface area contributed by atoms with Gasteiger partial charge in [0.1, 0.15) is 0 Å². The second kappa shape index (κ2) is 9.80. The second-order valence-corrected chi connectivity index (χ2v) is 7.58. The number of rotatable bonds is 5. The molecule has 132 valence electrons. The summed E-state index contributed by atoms with van der Waals surface area (Å²) in [5.41, 5.74) is 0.0842. The van der Waals surface area contributed by atoms with Crippen LogP contribution in [0, 0.1) is 6.92 Å². The fourth-order valence-corrected chi connectivity index (χ4v) is 3.38. The van der Waals surface area contributed by atoms with Gasteiger partial charge in [0.15, 0.2) is 5.96 Å². The zero-order valence-corrected chi connectivity index (χ0v) is 17.7. The normalized spacial score (nSPS) is 16.8. The Hall–Kier alpha value is -0.380. The van der Waals surface area contributed by atoms with Gasteiger partial charge in [0.25, 0.3) is 0 Å². The van der Waals surface area contributed by atoms with Crippen molar-refractivity contribution in [1.29, 1.82) is 0 Å². The molecule has 0 atom stereocenters. The van der Waals surface area contributed by atoms with Gasteiger partial charge in [-0.1, -0.05) is 0 Å². The Labute approximate surface area is 160 Å². The quantitative estimate of drug-likeness (QED) is 0.410. The van der Waals surface area contributed by atoms with Gasteiger partial charge in [-0.25, -0.2) is 0 Å². The van der Waals surface area contributed by atoms with E-state index in [0.717, 1.165) is 45.4 Å². The van der Waals surface area contributed by atoms with Gasteiger partial charge >= 0.3 is 0 Å². The number of aliphatic imine (C=N–C) groups is 1. The van der Waals surface area contributed by atoms with E-state index >= 15 is 0 Å². The van der Waals surface area contributed by atoms with Crippen LogP contribution < -0.4 is 10.6 Å². The highest BCUT2D eigenvalue weighted by Gasteiger charge is 2.28. The smallest absolute Gasteiger partial charge is 0.191 e. The van der Waals surface area contributed by atoms with Crippen LogP contribution in [0.25, 0.3) is 0 Å². The Morgan fingerprint density at radius 2 is 2.00 bits per heavy atom. The van der Waals surface area contributed by atoms with Gasteiger partial charge in [-0.05, 0) is 32.9 Å². The number of hydrogen-bond acceptors (Lipinski definition) is 4. The highest BCUT2D eigenvalue weighted by Crippen LogP contribution is 2.16. The molecule has 0 saturated carbocycles. The van der Waals surface area contributed by atoms with Crippen LogP contribution in [0.1, 0.15) is 23.6 Å². The lowest BCUT2D eigenvalue weighted by molar-refractivity contribution is -0.00834. The van der Waals surface area contributed by atoms with Gasteiger partial charge in [-0.2, -0.15) is 0 Å². The fraction of sp³-hybridized carbons (Fsp3) is 0.688. The summed E-state index contributed by atoms with van der Waals surface area (Å²) in [4.78, 5) is 9.45. The van der Waals surface area contributed by atoms with Gasteiger partial charge in [0.05, 0.1) is 19.8 Å². The van der Waals surface area contributed by atoms with Crippen molar-refractivity contribution < 1.29 is 4.74 Å². The minimum Gasteiger partial charge on any atom is -0.379 e. The van der Waals surface area contributed by atoms with E-state index in [0.29, 0.717) is 0 Å². The number of morpholine rings is 1. The van der Waals surface area contributed by atoms with Crippen molar-refractivity contribution >= 4 is 41.3 Å². The van der Waals surface area contributed by atoms with Crippen molar-refractivity contribution in [2.75, 3.05) is 39.9 Å². The summed E-state index contributed by atoms with van der Waals surface area (Å²) < 4.78 is 5.43. The maximum Gasteiger partial charge on any atom is 0.191 e. The van der Waals surface area contributed by atoms with Crippen LogP contribution in [0.5, 0.6) is 0 Å². The molecule has 23 heavy (non-hydrogen) atoms. The Bertz CT molecular complexity index is 498. The van der Waals surface area contributed by atoms with Crippen LogP contribution in [-0.2, 0) is 11.3 Å². The predicted octanol–water partition coefficient (Wildman–Crippen LogP) is 2.45. The van der Waals surface area contributed by atoms with Gasteiger partial charge < -0.3 is 15.4 Å². The molecule has 2 rings (SSSR count). The van der Waals surface area contributed by atoms with Crippen LogP contribution in [-0.4, -0.2) is 56.3 Å². The molecular formula is C16H29IN4OS. The van der Waals surface area contributed by atoms with E-state index in [1.54, 1.807) is 0 Å². The first-order chi connectivity index (χ1) is 10.5. The third-order valence-corrected chi connectivity index (χ3v) is 5.01. The van der Waals surface area contributed by atoms with E-state index in [2.05, 4.69) is 53.4 Å². The van der Waals surface area contributed by atoms with Crippen LogP contribution in [0.4, 0.5) is 0 Å². The number of nitrogens with one attached hydrogen (secondary N) is 2. The number of thiophene rings is 1. The molecule has 1 fully saturated rings. The number of nitrogens with zero attached hydrogens (tertiary/aromatic N) is 2. The monoisotopic (exact) mass is 452 g/mol. The molecule has 0 bridgehead atoms. The van der Waals surface area contributed by atoms with Crippen molar-refractivity contribution in [3.63, 3.8) is 0 Å². The summed E-state index contributed by atoms with van der Waals surface area (Å²) in [5, 5.41) is 6.83. The number of aryl methyl sites for hydroxylation is 1. The first kappa shape index (κ1) is 20.7. The molecule has 0 unspecified atom stereocenters. The number of ether oxygens (including phenoxy) is 1. The lowest BCUT2D eigenvalue weighted by Crippen LogP contribution is -2.56. The Morgan fingerprint density at radius 3 is 2.57 bits per heavy atom.